The van der Waals surface area contributed by atoms with Gasteiger partial charge in [-0.2, -0.15) is 0 Å². The monoisotopic (exact) mass is 150 g/mol. The number of hydrogen-bond donors (Lipinski definition) is 4. The summed E-state index contributed by atoms with van der Waals surface area (Å²) in [5, 5.41) is 35.2. The smallest absolute Gasteiger partial charge is 0.108 e. The summed E-state index contributed by atoms with van der Waals surface area (Å²) in [6.07, 6.45) is -4.60. The number of rotatable bonds is 3. The molecule has 0 spiro atoms. The standard InChI is InChI=1S/C6H14O4/c1-3(7)5(9)6(10)4(2)8/h3-10H,1-2H3/t3-,4-,5+,6+/m1/s1. The molecule has 4 heteroatoms. The van der Waals surface area contributed by atoms with Gasteiger partial charge in [0.25, 0.3) is 0 Å². The first-order valence-corrected chi connectivity index (χ1v) is 3.19. The Morgan fingerprint density at radius 1 is 0.700 bits per heavy atom. The van der Waals surface area contributed by atoms with Crippen LogP contribution in [0.1, 0.15) is 13.8 Å². The van der Waals surface area contributed by atoms with Crippen LogP contribution in [0.4, 0.5) is 0 Å². The summed E-state index contributed by atoms with van der Waals surface area (Å²) < 4.78 is 0. The largest absolute Gasteiger partial charge is 0.391 e. The molecule has 0 aliphatic heterocycles. The molecule has 0 rings (SSSR count). The Hall–Kier alpha value is -0.160. The van der Waals surface area contributed by atoms with E-state index in [0.29, 0.717) is 0 Å². The fourth-order valence-electron chi connectivity index (χ4n) is 0.571. The Labute approximate surface area is 59.7 Å². The van der Waals surface area contributed by atoms with E-state index in [1.807, 2.05) is 0 Å². The molecule has 4 atom stereocenters. The van der Waals surface area contributed by atoms with Gasteiger partial charge in [-0.1, -0.05) is 0 Å². The number of aliphatic hydroxyl groups excluding tert-OH is 4. The average Bonchev–Trinajstić information content (AvgIpc) is 1.84. The minimum Gasteiger partial charge on any atom is -0.391 e. The second-order valence-electron chi connectivity index (χ2n) is 2.46. The third kappa shape index (κ3) is 2.62. The third-order valence-electron chi connectivity index (χ3n) is 1.34. The van der Waals surface area contributed by atoms with Crippen LogP contribution >= 0.6 is 0 Å². The molecule has 0 bridgehead atoms. The molecule has 0 aliphatic carbocycles. The second kappa shape index (κ2) is 3.88. The van der Waals surface area contributed by atoms with E-state index in [9.17, 15) is 0 Å². The highest BCUT2D eigenvalue weighted by atomic mass is 16.4. The molecule has 0 saturated heterocycles. The van der Waals surface area contributed by atoms with E-state index in [4.69, 9.17) is 20.4 Å². The lowest BCUT2D eigenvalue weighted by molar-refractivity contribution is -0.0947. The summed E-state index contributed by atoms with van der Waals surface area (Å²) in [6.45, 7) is 2.69. The van der Waals surface area contributed by atoms with Crippen LogP contribution in [0.5, 0.6) is 0 Å². The van der Waals surface area contributed by atoms with Gasteiger partial charge >= 0.3 is 0 Å². The molecule has 4 nitrogen and oxygen atoms in total. The van der Waals surface area contributed by atoms with Crippen molar-refractivity contribution in [3.63, 3.8) is 0 Å². The highest BCUT2D eigenvalue weighted by molar-refractivity contribution is 4.75. The predicted molar refractivity (Wildman–Crippen MR) is 35.4 cm³/mol. The Kier molecular flexibility index (Phi) is 3.81. The molecule has 0 amide bonds. The second-order valence-corrected chi connectivity index (χ2v) is 2.46. The van der Waals surface area contributed by atoms with Crippen molar-refractivity contribution in [3.05, 3.63) is 0 Å². The van der Waals surface area contributed by atoms with E-state index >= 15 is 0 Å². The molecule has 0 aromatic rings. The summed E-state index contributed by atoms with van der Waals surface area (Å²) in [5.74, 6) is 0. The van der Waals surface area contributed by atoms with Gasteiger partial charge in [-0.15, -0.1) is 0 Å². The molecule has 0 fully saturated rings. The minimum absolute atomic E-state index is 1.02. The topological polar surface area (TPSA) is 80.9 Å². The van der Waals surface area contributed by atoms with Crippen molar-refractivity contribution in [1.82, 2.24) is 0 Å². The van der Waals surface area contributed by atoms with Gasteiger partial charge in [-0.25, -0.2) is 0 Å². The van der Waals surface area contributed by atoms with Crippen molar-refractivity contribution in [3.8, 4) is 0 Å². The van der Waals surface area contributed by atoms with E-state index in [0.717, 1.165) is 0 Å². The quantitative estimate of drug-likeness (QED) is 0.393. The molecule has 0 radical (unpaired) electrons. The summed E-state index contributed by atoms with van der Waals surface area (Å²) in [7, 11) is 0. The van der Waals surface area contributed by atoms with Crippen molar-refractivity contribution >= 4 is 0 Å². The maximum atomic E-state index is 8.91. The third-order valence-corrected chi connectivity index (χ3v) is 1.34. The molecule has 0 heterocycles. The van der Waals surface area contributed by atoms with E-state index in [2.05, 4.69) is 0 Å². The van der Waals surface area contributed by atoms with Gasteiger partial charge in [0.05, 0.1) is 12.2 Å². The molecule has 0 aromatic heterocycles. The lowest BCUT2D eigenvalue weighted by Crippen LogP contribution is -2.41. The number of hydrogen-bond acceptors (Lipinski definition) is 4. The van der Waals surface area contributed by atoms with E-state index in [1.165, 1.54) is 13.8 Å². The van der Waals surface area contributed by atoms with Crippen LogP contribution in [0.15, 0.2) is 0 Å². The molecule has 10 heavy (non-hydrogen) atoms. The van der Waals surface area contributed by atoms with Gasteiger partial charge < -0.3 is 20.4 Å². The van der Waals surface area contributed by atoms with Gasteiger partial charge in [0.15, 0.2) is 0 Å². The first-order chi connectivity index (χ1) is 4.46. The highest BCUT2D eigenvalue weighted by Crippen LogP contribution is 2.03. The van der Waals surface area contributed by atoms with Crippen molar-refractivity contribution in [2.75, 3.05) is 0 Å². The van der Waals surface area contributed by atoms with Crippen LogP contribution in [-0.4, -0.2) is 44.8 Å². The maximum absolute atomic E-state index is 8.91. The maximum Gasteiger partial charge on any atom is 0.108 e. The first kappa shape index (κ1) is 9.84. The van der Waals surface area contributed by atoms with Crippen LogP contribution in [0.2, 0.25) is 0 Å². The van der Waals surface area contributed by atoms with E-state index in [-0.39, 0.29) is 0 Å². The Morgan fingerprint density at radius 2 is 0.900 bits per heavy atom. The van der Waals surface area contributed by atoms with Gasteiger partial charge in [0.2, 0.25) is 0 Å². The van der Waals surface area contributed by atoms with Crippen molar-refractivity contribution < 1.29 is 20.4 Å². The fourth-order valence-corrected chi connectivity index (χ4v) is 0.571. The van der Waals surface area contributed by atoms with Crippen molar-refractivity contribution in [1.29, 1.82) is 0 Å². The first-order valence-electron chi connectivity index (χ1n) is 3.19. The summed E-state index contributed by atoms with van der Waals surface area (Å²) in [6, 6.07) is 0. The normalized spacial score (nSPS) is 23.4. The Morgan fingerprint density at radius 3 is 1.00 bits per heavy atom. The van der Waals surface area contributed by atoms with Gasteiger partial charge in [0, 0.05) is 0 Å². The zero-order chi connectivity index (χ0) is 8.31. The molecule has 0 aromatic carbocycles. The van der Waals surface area contributed by atoms with Gasteiger partial charge in [0.1, 0.15) is 12.2 Å². The van der Waals surface area contributed by atoms with E-state index < -0.39 is 24.4 Å². The van der Waals surface area contributed by atoms with Gasteiger partial charge in [-0.3, -0.25) is 0 Å². The van der Waals surface area contributed by atoms with E-state index in [1.54, 1.807) is 0 Å². The SMILES string of the molecule is C[C@@H](O)[C@H](O)[C@@H](O)[C@@H](C)O. The minimum atomic E-state index is -1.28. The van der Waals surface area contributed by atoms with Crippen LogP contribution in [-0.2, 0) is 0 Å². The molecule has 0 saturated carbocycles. The van der Waals surface area contributed by atoms with Crippen LogP contribution in [0.25, 0.3) is 0 Å². The zero-order valence-corrected chi connectivity index (χ0v) is 6.10. The van der Waals surface area contributed by atoms with Crippen LogP contribution in [0.3, 0.4) is 0 Å². The zero-order valence-electron chi connectivity index (χ0n) is 6.10. The molecular weight excluding hydrogens is 136 g/mol. The van der Waals surface area contributed by atoms with Crippen molar-refractivity contribution in [2.24, 2.45) is 0 Å². The predicted octanol–water partition coefficient (Wildman–Crippen LogP) is -1.53. The summed E-state index contributed by atoms with van der Waals surface area (Å²) in [5.41, 5.74) is 0. The summed E-state index contributed by atoms with van der Waals surface area (Å²) >= 11 is 0. The number of aliphatic hydroxyl groups is 4. The molecule has 0 aliphatic rings. The average molecular weight is 150 g/mol. The molecule has 0 unspecified atom stereocenters. The van der Waals surface area contributed by atoms with Gasteiger partial charge in [-0.05, 0) is 13.8 Å². The van der Waals surface area contributed by atoms with Crippen LogP contribution < -0.4 is 0 Å². The fraction of sp³-hybridized carbons (Fsp3) is 1.00. The Bertz CT molecular complexity index is 79.7. The Balaban J connectivity index is 3.81. The molecule has 4 N–H and O–H groups in total. The summed E-state index contributed by atoms with van der Waals surface area (Å²) in [4.78, 5) is 0. The lowest BCUT2D eigenvalue weighted by Gasteiger charge is -2.21. The van der Waals surface area contributed by atoms with Crippen LogP contribution in [0, 0.1) is 0 Å². The molecule has 62 valence electrons. The van der Waals surface area contributed by atoms with Crippen molar-refractivity contribution in [2.45, 2.75) is 38.3 Å². The highest BCUT2D eigenvalue weighted by Gasteiger charge is 2.24. The molecular formula is C6H14O4. The lowest BCUT2D eigenvalue weighted by atomic mass is 10.1.